The van der Waals surface area contributed by atoms with Crippen LogP contribution < -0.4 is 0 Å². The molecule has 0 N–H and O–H groups in total. The van der Waals surface area contributed by atoms with E-state index in [9.17, 15) is 10.1 Å². The maximum absolute atomic E-state index is 10.7. The number of nitro benzene ring substituents is 1. The highest BCUT2D eigenvalue weighted by Gasteiger charge is 2.20. The Balaban J connectivity index is 2.91. The summed E-state index contributed by atoms with van der Waals surface area (Å²) in [4.78, 5) is 10.1. The van der Waals surface area contributed by atoms with Gasteiger partial charge in [0, 0.05) is 6.07 Å². The molecule has 14 heavy (non-hydrogen) atoms. The van der Waals surface area contributed by atoms with Crippen LogP contribution in [-0.2, 0) is 0 Å². The zero-order valence-corrected chi connectivity index (χ0v) is 8.61. The molecule has 0 bridgehead atoms. The molecule has 6 nitrogen and oxygen atoms in total. The summed E-state index contributed by atoms with van der Waals surface area (Å²) in [6.45, 7) is 1.74. The Kier molecular flexibility index (Phi) is 1.95. The van der Waals surface area contributed by atoms with Gasteiger partial charge in [-0.3, -0.25) is 10.1 Å². The summed E-state index contributed by atoms with van der Waals surface area (Å²) in [6.07, 6.45) is 0. The SMILES string of the molecule is Cc1cc([N+](=O)[O-])c2nonc2c1Br. The van der Waals surface area contributed by atoms with Crippen molar-refractivity contribution in [2.45, 2.75) is 6.92 Å². The lowest BCUT2D eigenvalue weighted by atomic mass is 10.2. The second kappa shape index (κ2) is 3.02. The lowest BCUT2D eigenvalue weighted by Gasteiger charge is -1.97. The van der Waals surface area contributed by atoms with Gasteiger partial charge >= 0.3 is 5.69 Å². The molecule has 2 rings (SSSR count). The molecule has 72 valence electrons. The Bertz CT molecular complexity index is 522. The first-order chi connectivity index (χ1) is 6.61. The molecular weight excluding hydrogens is 254 g/mol. The fourth-order valence-corrected chi connectivity index (χ4v) is 1.54. The van der Waals surface area contributed by atoms with Crippen molar-refractivity contribution in [3.8, 4) is 0 Å². The predicted molar refractivity (Wildman–Crippen MR) is 50.9 cm³/mol. The van der Waals surface area contributed by atoms with E-state index in [1.807, 2.05) is 0 Å². The second-order valence-electron chi connectivity index (χ2n) is 2.75. The Morgan fingerprint density at radius 3 is 2.79 bits per heavy atom. The van der Waals surface area contributed by atoms with E-state index in [4.69, 9.17) is 0 Å². The third-order valence-electron chi connectivity index (χ3n) is 1.84. The van der Waals surface area contributed by atoms with Crippen molar-refractivity contribution >= 4 is 32.7 Å². The van der Waals surface area contributed by atoms with Crippen LogP contribution in [0.5, 0.6) is 0 Å². The average molecular weight is 258 g/mol. The Morgan fingerprint density at radius 2 is 2.14 bits per heavy atom. The lowest BCUT2D eigenvalue weighted by molar-refractivity contribution is -0.383. The van der Waals surface area contributed by atoms with E-state index in [0.29, 0.717) is 9.99 Å². The molecule has 0 fully saturated rings. The standard InChI is InChI=1S/C7H4BrN3O3/c1-3-2-4(11(12)13)6-7(5(3)8)10-14-9-6/h2H,1H3. The highest BCUT2D eigenvalue weighted by molar-refractivity contribution is 9.10. The molecule has 0 atom stereocenters. The smallest absolute Gasteiger partial charge is 0.258 e. The van der Waals surface area contributed by atoms with Crippen molar-refractivity contribution < 1.29 is 9.55 Å². The molecule has 0 aliphatic heterocycles. The van der Waals surface area contributed by atoms with Crippen LogP contribution in [0.1, 0.15) is 5.56 Å². The molecule has 2 aromatic rings. The van der Waals surface area contributed by atoms with Gasteiger partial charge in [0.1, 0.15) is 0 Å². The Labute approximate surface area is 86.1 Å². The van der Waals surface area contributed by atoms with Crippen LogP contribution in [0.2, 0.25) is 0 Å². The molecular formula is C7H4BrN3O3. The number of non-ortho nitro benzene ring substituents is 1. The van der Waals surface area contributed by atoms with E-state index in [1.165, 1.54) is 6.07 Å². The summed E-state index contributed by atoms with van der Waals surface area (Å²) in [5.74, 6) is 0. The van der Waals surface area contributed by atoms with Crippen LogP contribution in [0, 0.1) is 17.0 Å². The zero-order valence-electron chi connectivity index (χ0n) is 7.02. The number of hydrogen-bond donors (Lipinski definition) is 0. The number of aryl methyl sites for hydroxylation is 1. The molecule has 7 heteroatoms. The minimum atomic E-state index is -0.508. The van der Waals surface area contributed by atoms with Gasteiger partial charge in [0.25, 0.3) is 0 Å². The summed E-state index contributed by atoms with van der Waals surface area (Å²) >= 11 is 3.26. The Morgan fingerprint density at radius 1 is 1.50 bits per heavy atom. The molecule has 0 aliphatic rings. The van der Waals surface area contributed by atoms with Crippen LogP contribution in [0.3, 0.4) is 0 Å². The van der Waals surface area contributed by atoms with E-state index in [-0.39, 0.29) is 11.2 Å². The van der Waals surface area contributed by atoms with E-state index >= 15 is 0 Å². The molecule has 1 heterocycles. The zero-order chi connectivity index (χ0) is 10.3. The quantitative estimate of drug-likeness (QED) is 0.578. The first-order valence-corrected chi connectivity index (χ1v) is 4.46. The molecule has 1 aromatic carbocycles. The number of nitrogens with zero attached hydrogens (tertiary/aromatic N) is 3. The highest BCUT2D eigenvalue weighted by Crippen LogP contribution is 2.31. The fourth-order valence-electron chi connectivity index (χ4n) is 1.16. The normalized spacial score (nSPS) is 10.7. The number of fused-ring (bicyclic) bond motifs is 1. The Hall–Kier alpha value is -1.50. The molecule has 0 spiro atoms. The van der Waals surface area contributed by atoms with Crippen LogP contribution in [0.25, 0.3) is 11.0 Å². The van der Waals surface area contributed by atoms with Crippen molar-refractivity contribution in [2.24, 2.45) is 0 Å². The summed E-state index contributed by atoms with van der Waals surface area (Å²) in [5, 5.41) is 17.7. The van der Waals surface area contributed by atoms with E-state index < -0.39 is 4.92 Å². The summed E-state index contributed by atoms with van der Waals surface area (Å²) in [7, 11) is 0. The molecule has 0 unspecified atom stereocenters. The first kappa shape index (κ1) is 9.07. The number of halogens is 1. The average Bonchev–Trinajstić information content (AvgIpc) is 2.59. The molecule has 0 aliphatic carbocycles. The van der Waals surface area contributed by atoms with Crippen LogP contribution in [-0.4, -0.2) is 15.2 Å². The van der Waals surface area contributed by atoms with E-state index in [2.05, 4.69) is 30.9 Å². The van der Waals surface area contributed by atoms with Crippen LogP contribution >= 0.6 is 15.9 Å². The van der Waals surface area contributed by atoms with Gasteiger partial charge in [0.05, 0.1) is 9.40 Å². The van der Waals surface area contributed by atoms with Gasteiger partial charge in [-0.05, 0) is 38.7 Å². The first-order valence-electron chi connectivity index (χ1n) is 3.67. The summed E-state index contributed by atoms with van der Waals surface area (Å²) in [5.41, 5.74) is 1.16. The molecule has 0 radical (unpaired) electrons. The minimum absolute atomic E-state index is 0.0954. The van der Waals surface area contributed by atoms with Gasteiger partial charge in [-0.1, -0.05) is 0 Å². The van der Waals surface area contributed by atoms with Crippen LogP contribution in [0.15, 0.2) is 15.2 Å². The van der Waals surface area contributed by atoms with Gasteiger partial charge in [0.2, 0.25) is 5.52 Å². The predicted octanol–water partition coefficient (Wildman–Crippen LogP) is 2.20. The second-order valence-corrected chi connectivity index (χ2v) is 3.54. The lowest BCUT2D eigenvalue weighted by Crippen LogP contribution is -1.91. The molecule has 1 aromatic heterocycles. The van der Waals surface area contributed by atoms with E-state index in [0.717, 1.165) is 5.56 Å². The monoisotopic (exact) mass is 257 g/mol. The topological polar surface area (TPSA) is 82.1 Å². The largest absolute Gasteiger partial charge is 0.301 e. The maximum Gasteiger partial charge on any atom is 0.301 e. The van der Waals surface area contributed by atoms with Gasteiger partial charge in [0.15, 0.2) is 5.52 Å². The van der Waals surface area contributed by atoms with Crippen LogP contribution in [0.4, 0.5) is 5.69 Å². The highest BCUT2D eigenvalue weighted by atomic mass is 79.9. The van der Waals surface area contributed by atoms with Crippen molar-refractivity contribution in [1.82, 2.24) is 10.3 Å². The maximum atomic E-state index is 10.7. The molecule has 0 amide bonds. The third-order valence-corrected chi connectivity index (χ3v) is 2.84. The number of nitro groups is 1. The number of benzene rings is 1. The van der Waals surface area contributed by atoms with Gasteiger partial charge in [-0.25, -0.2) is 4.63 Å². The van der Waals surface area contributed by atoms with Crippen molar-refractivity contribution in [2.75, 3.05) is 0 Å². The van der Waals surface area contributed by atoms with Crippen molar-refractivity contribution in [3.63, 3.8) is 0 Å². The number of rotatable bonds is 1. The third kappa shape index (κ3) is 1.17. The fraction of sp³-hybridized carbons (Fsp3) is 0.143. The van der Waals surface area contributed by atoms with Crippen molar-refractivity contribution in [3.05, 3.63) is 26.2 Å². The minimum Gasteiger partial charge on any atom is -0.258 e. The molecule has 0 saturated heterocycles. The van der Waals surface area contributed by atoms with E-state index in [1.54, 1.807) is 6.92 Å². The van der Waals surface area contributed by atoms with Gasteiger partial charge in [-0.15, -0.1) is 0 Å². The van der Waals surface area contributed by atoms with Gasteiger partial charge in [-0.2, -0.15) is 0 Å². The summed E-state index contributed by atoms with van der Waals surface area (Å²) in [6, 6.07) is 1.43. The number of hydrogen-bond acceptors (Lipinski definition) is 5. The summed E-state index contributed by atoms with van der Waals surface area (Å²) < 4.78 is 5.12. The van der Waals surface area contributed by atoms with Gasteiger partial charge < -0.3 is 0 Å². The number of aromatic nitrogens is 2. The van der Waals surface area contributed by atoms with Crippen molar-refractivity contribution in [1.29, 1.82) is 0 Å². The molecule has 0 saturated carbocycles.